The van der Waals surface area contributed by atoms with Crippen molar-refractivity contribution in [1.29, 1.82) is 0 Å². The van der Waals surface area contributed by atoms with Gasteiger partial charge in [-0.3, -0.25) is 5.32 Å². The fourth-order valence-corrected chi connectivity index (χ4v) is 3.96. The van der Waals surface area contributed by atoms with E-state index >= 15 is 0 Å². The van der Waals surface area contributed by atoms with E-state index in [0.717, 1.165) is 5.56 Å². The molecule has 1 amide bonds. The average molecular weight is 517 g/mol. The molecule has 2 aromatic rings. The van der Waals surface area contributed by atoms with E-state index in [1.54, 1.807) is 24.3 Å². The molecule has 0 heterocycles. The van der Waals surface area contributed by atoms with Crippen LogP contribution in [-0.2, 0) is 9.47 Å². The summed E-state index contributed by atoms with van der Waals surface area (Å²) < 4.78 is 12.5. The standard InChI is InChI=1S/C20H23Br2NO5/c1-3-27-17(8-9-24)19(15-10-13(21)11-16(22)18(15)25)28-20(26)23-14-6-4-12(2)5-7-14/h4-7,10-11,17,19,24-25H,3,8-9H2,1-2H3,(H,23,26)/t17-,19-/m1/s1. The topological polar surface area (TPSA) is 88.0 Å². The molecule has 0 spiro atoms. The van der Waals surface area contributed by atoms with Gasteiger partial charge in [0.1, 0.15) is 11.9 Å². The molecule has 0 aliphatic carbocycles. The summed E-state index contributed by atoms with van der Waals surface area (Å²) in [4.78, 5) is 12.5. The number of halogens is 2. The van der Waals surface area contributed by atoms with Crippen LogP contribution in [0.5, 0.6) is 5.75 Å². The van der Waals surface area contributed by atoms with Crippen molar-refractivity contribution in [3.05, 3.63) is 56.5 Å². The molecule has 0 unspecified atom stereocenters. The van der Waals surface area contributed by atoms with Gasteiger partial charge < -0.3 is 19.7 Å². The lowest BCUT2D eigenvalue weighted by molar-refractivity contribution is -0.0491. The van der Waals surface area contributed by atoms with Crippen molar-refractivity contribution in [1.82, 2.24) is 0 Å². The number of benzene rings is 2. The second-order valence-corrected chi connectivity index (χ2v) is 7.92. The van der Waals surface area contributed by atoms with Gasteiger partial charge in [0.15, 0.2) is 6.10 Å². The van der Waals surface area contributed by atoms with E-state index in [1.807, 2.05) is 26.0 Å². The van der Waals surface area contributed by atoms with Crippen molar-refractivity contribution >= 4 is 43.6 Å². The van der Waals surface area contributed by atoms with Crippen LogP contribution in [-0.4, -0.2) is 35.6 Å². The lowest BCUT2D eigenvalue weighted by Gasteiger charge is -2.28. The highest BCUT2D eigenvalue weighted by Gasteiger charge is 2.31. The van der Waals surface area contributed by atoms with Crippen LogP contribution in [0.3, 0.4) is 0 Å². The summed E-state index contributed by atoms with van der Waals surface area (Å²) in [5.41, 5.74) is 2.02. The number of nitrogens with one attached hydrogen (secondary N) is 1. The first-order chi connectivity index (χ1) is 13.3. The summed E-state index contributed by atoms with van der Waals surface area (Å²) >= 11 is 6.67. The Hall–Kier alpha value is -1.61. The maximum Gasteiger partial charge on any atom is 0.412 e. The molecule has 3 N–H and O–H groups in total. The van der Waals surface area contributed by atoms with Gasteiger partial charge in [-0.2, -0.15) is 0 Å². The highest BCUT2D eigenvalue weighted by Crippen LogP contribution is 2.39. The lowest BCUT2D eigenvalue weighted by atomic mass is 10.0. The Morgan fingerprint density at radius 1 is 1.21 bits per heavy atom. The summed E-state index contributed by atoms with van der Waals surface area (Å²) in [5.74, 6) is -0.0565. The third kappa shape index (κ3) is 6.20. The number of hydrogen-bond donors (Lipinski definition) is 3. The van der Waals surface area contributed by atoms with Gasteiger partial charge in [-0.1, -0.05) is 33.6 Å². The monoisotopic (exact) mass is 515 g/mol. The Kier molecular flexibility index (Phi) is 8.75. The Labute approximate surface area is 181 Å². The molecule has 8 heteroatoms. The summed E-state index contributed by atoms with van der Waals surface area (Å²) in [6.07, 6.45) is -2.01. The number of anilines is 1. The van der Waals surface area contributed by atoms with Crippen LogP contribution >= 0.6 is 31.9 Å². The van der Waals surface area contributed by atoms with Crippen LogP contribution in [0, 0.1) is 6.92 Å². The van der Waals surface area contributed by atoms with Crippen molar-refractivity contribution < 1.29 is 24.5 Å². The van der Waals surface area contributed by atoms with Gasteiger partial charge in [-0.25, -0.2) is 4.79 Å². The largest absolute Gasteiger partial charge is 0.506 e. The predicted molar refractivity (Wildman–Crippen MR) is 115 cm³/mol. The molecule has 0 aliphatic rings. The van der Waals surface area contributed by atoms with E-state index in [1.165, 1.54) is 0 Å². The minimum atomic E-state index is -0.925. The fourth-order valence-electron chi connectivity index (χ4n) is 2.71. The summed E-state index contributed by atoms with van der Waals surface area (Å²) in [5, 5.41) is 22.6. The van der Waals surface area contributed by atoms with Gasteiger partial charge in [-0.05, 0) is 54.0 Å². The fraction of sp³-hybridized carbons (Fsp3) is 0.350. The number of aryl methyl sites for hydroxylation is 1. The highest BCUT2D eigenvalue weighted by molar-refractivity contribution is 9.11. The smallest absolute Gasteiger partial charge is 0.412 e. The first-order valence-electron chi connectivity index (χ1n) is 8.80. The number of phenols is 1. The SMILES string of the molecule is CCO[C@H](CCO)[C@H](OC(=O)Nc1ccc(C)cc1)c1cc(Br)cc(Br)c1O. The van der Waals surface area contributed by atoms with Gasteiger partial charge in [0.05, 0.1) is 4.47 Å². The van der Waals surface area contributed by atoms with E-state index in [-0.39, 0.29) is 18.8 Å². The van der Waals surface area contributed by atoms with Crippen molar-refractivity contribution in [2.75, 3.05) is 18.5 Å². The Morgan fingerprint density at radius 2 is 1.89 bits per heavy atom. The zero-order valence-corrected chi connectivity index (χ0v) is 18.8. The number of hydrogen-bond acceptors (Lipinski definition) is 5. The number of phenolic OH excluding ortho intramolecular Hbond substituents is 1. The van der Waals surface area contributed by atoms with E-state index in [4.69, 9.17) is 9.47 Å². The zero-order valence-electron chi connectivity index (χ0n) is 15.6. The molecule has 0 aromatic heterocycles. The normalized spacial score (nSPS) is 13.0. The molecule has 6 nitrogen and oxygen atoms in total. The highest BCUT2D eigenvalue weighted by atomic mass is 79.9. The lowest BCUT2D eigenvalue weighted by Crippen LogP contribution is -2.30. The van der Waals surface area contributed by atoms with E-state index in [9.17, 15) is 15.0 Å². The minimum absolute atomic E-state index is 0.0565. The maximum atomic E-state index is 12.5. The van der Waals surface area contributed by atoms with Crippen LogP contribution < -0.4 is 5.32 Å². The van der Waals surface area contributed by atoms with Crippen LogP contribution in [0.25, 0.3) is 0 Å². The molecule has 0 fully saturated rings. The number of carbonyl (C=O) groups excluding carboxylic acids is 1. The number of aliphatic hydroxyl groups is 1. The van der Waals surface area contributed by atoms with Crippen LogP contribution in [0.4, 0.5) is 10.5 Å². The maximum absolute atomic E-state index is 12.5. The third-order valence-corrected chi connectivity index (χ3v) is 5.09. The molecule has 0 aliphatic heterocycles. The molecule has 0 saturated heterocycles. The molecule has 0 bridgehead atoms. The number of amides is 1. The second-order valence-electron chi connectivity index (χ2n) is 6.15. The molecule has 152 valence electrons. The summed E-state index contributed by atoms with van der Waals surface area (Å²) in [7, 11) is 0. The molecule has 0 radical (unpaired) electrons. The quantitative estimate of drug-likeness (QED) is 0.443. The average Bonchev–Trinajstić information content (AvgIpc) is 2.65. The number of carbonyl (C=O) groups is 1. The number of aromatic hydroxyl groups is 1. The number of aliphatic hydroxyl groups excluding tert-OH is 1. The molecular formula is C20H23Br2NO5. The number of rotatable bonds is 8. The predicted octanol–water partition coefficient (Wildman–Crippen LogP) is 5.30. The zero-order chi connectivity index (χ0) is 20.7. The van der Waals surface area contributed by atoms with Crippen molar-refractivity contribution in [2.45, 2.75) is 32.5 Å². The molecule has 28 heavy (non-hydrogen) atoms. The van der Waals surface area contributed by atoms with E-state index < -0.39 is 18.3 Å². The van der Waals surface area contributed by atoms with Gasteiger partial charge in [0.25, 0.3) is 0 Å². The Bertz CT molecular complexity index is 792. The second kappa shape index (κ2) is 10.8. The summed E-state index contributed by atoms with van der Waals surface area (Å²) in [6.45, 7) is 3.97. The van der Waals surface area contributed by atoms with Gasteiger partial charge in [0.2, 0.25) is 0 Å². The molecule has 0 saturated carbocycles. The minimum Gasteiger partial charge on any atom is -0.506 e. The first kappa shape index (κ1) is 22.7. The first-order valence-corrected chi connectivity index (χ1v) is 10.4. The third-order valence-electron chi connectivity index (χ3n) is 4.03. The van der Waals surface area contributed by atoms with Crippen LogP contribution in [0.15, 0.2) is 45.3 Å². The molecule has 2 atom stereocenters. The molecular weight excluding hydrogens is 494 g/mol. The van der Waals surface area contributed by atoms with Gasteiger partial charge in [-0.15, -0.1) is 0 Å². The van der Waals surface area contributed by atoms with E-state index in [2.05, 4.69) is 37.2 Å². The molecule has 2 rings (SSSR count). The summed E-state index contributed by atoms with van der Waals surface area (Å²) in [6, 6.07) is 10.6. The van der Waals surface area contributed by atoms with E-state index in [0.29, 0.717) is 26.8 Å². The van der Waals surface area contributed by atoms with Crippen LogP contribution in [0.2, 0.25) is 0 Å². The van der Waals surface area contributed by atoms with Crippen LogP contribution in [0.1, 0.15) is 30.6 Å². The number of ether oxygens (including phenoxy) is 2. The Morgan fingerprint density at radius 3 is 2.50 bits per heavy atom. The van der Waals surface area contributed by atoms with Crippen molar-refractivity contribution in [2.24, 2.45) is 0 Å². The van der Waals surface area contributed by atoms with Gasteiger partial charge >= 0.3 is 6.09 Å². The van der Waals surface area contributed by atoms with Gasteiger partial charge in [0, 0.05) is 35.4 Å². The molecule has 2 aromatic carbocycles. The van der Waals surface area contributed by atoms with Crippen molar-refractivity contribution in [3.8, 4) is 5.75 Å². The Balaban J connectivity index is 2.32. The van der Waals surface area contributed by atoms with Crippen molar-refractivity contribution in [3.63, 3.8) is 0 Å².